The molecule has 0 aromatic heterocycles. The molecule has 2 nitrogen and oxygen atoms in total. The summed E-state index contributed by atoms with van der Waals surface area (Å²) in [6.45, 7) is 3.44. The SMILES string of the molecule is CC(=O)C(CCS(=O)c1ccccc1)C(C)=P. The molecule has 1 rings (SSSR count). The van der Waals surface area contributed by atoms with Crippen LogP contribution in [-0.4, -0.2) is 21.0 Å². The second-order valence-electron chi connectivity index (χ2n) is 4.00. The highest BCUT2D eigenvalue weighted by atomic mass is 32.2. The van der Waals surface area contributed by atoms with Crippen molar-refractivity contribution >= 4 is 30.7 Å². The summed E-state index contributed by atoms with van der Waals surface area (Å²) >= 11 is 0. The fourth-order valence-electron chi connectivity index (χ4n) is 1.64. The Bertz CT molecular complexity index is 414. The number of benzene rings is 1. The monoisotopic (exact) mass is 268 g/mol. The number of hydrogen-bond acceptors (Lipinski definition) is 2. The van der Waals surface area contributed by atoms with Gasteiger partial charge in [0.15, 0.2) is 0 Å². The highest BCUT2D eigenvalue weighted by Crippen LogP contribution is 2.13. The van der Waals surface area contributed by atoms with Crippen LogP contribution in [0.4, 0.5) is 0 Å². The van der Waals surface area contributed by atoms with Crippen LogP contribution in [-0.2, 0) is 15.6 Å². The maximum atomic E-state index is 12.0. The lowest BCUT2D eigenvalue weighted by molar-refractivity contribution is -0.118. The zero-order chi connectivity index (χ0) is 12.8. The Balaban J connectivity index is 2.59. The van der Waals surface area contributed by atoms with Crippen LogP contribution in [0.5, 0.6) is 0 Å². The lowest BCUT2D eigenvalue weighted by Crippen LogP contribution is -2.20. The molecule has 17 heavy (non-hydrogen) atoms. The van der Waals surface area contributed by atoms with Crippen LogP contribution in [0.25, 0.3) is 0 Å². The number of ketones is 1. The van der Waals surface area contributed by atoms with E-state index in [2.05, 4.69) is 8.86 Å². The number of carbonyl (C=O) groups excluding carboxylic acids is 1. The van der Waals surface area contributed by atoms with E-state index in [1.165, 1.54) is 0 Å². The van der Waals surface area contributed by atoms with Crippen LogP contribution in [0, 0.1) is 5.92 Å². The summed E-state index contributed by atoms with van der Waals surface area (Å²) < 4.78 is 12.0. The van der Waals surface area contributed by atoms with E-state index in [1.807, 2.05) is 37.3 Å². The quantitative estimate of drug-likeness (QED) is 0.743. The van der Waals surface area contributed by atoms with Crippen molar-refractivity contribution in [2.24, 2.45) is 5.92 Å². The maximum absolute atomic E-state index is 12.0. The number of rotatable bonds is 6. The van der Waals surface area contributed by atoms with Gasteiger partial charge >= 0.3 is 0 Å². The third-order valence-electron chi connectivity index (χ3n) is 2.61. The standard InChI is InChI=1S/C13H17O2PS/c1-10(14)13(11(2)16)8-9-17(15)12-6-4-3-5-7-12/h3-7,13,16H,8-9H2,1-2H3. The number of Topliss-reactive ketones (excluding diaryl/α,β-unsaturated/α-hetero) is 1. The van der Waals surface area contributed by atoms with Crippen molar-refractivity contribution in [3.8, 4) is 0 Å². The molecular weight excluding hydrogens is 251 g/mol. The van der Waals surface area contributed by atoms with Gasteiger partial charge in [-0.05, 0) is 37.7 Å². The zero-order valence-electron chi connectivity index (χ0n) is 10.1. The van der Waals surface area contributed by atoms with Crippen LogP contribution < -0.4 is 0 Å². The van der Waals surface area contributed by atoms with Crippen molar-refractivity contribution in [3.63, 3.8) is 0 Å². The van der Waals surface area contributed by atoms with Gasteiger partial charge in [0.1, 0.15) is 5.78 Å². The molecule has 0 fully saturated rings. The molecule has 92 valence electrons. The predicted octanol–water partition coefficient (Wildman–Crippen LogP) is 2.72. The summed E-state index contributed by atoms with van der Waals surface area (Å²) in [5, 5.41) is 0.905. The molecule has 0 saturated heterocycles. The van der Waals surface area contributed by atoms with E-state index in [4.69, 9.17) is 0 Å². The Labute approximate surface area is 107 Å². The molecule has 0 spiro atoms. The molecule has 0 heterocycles. The van der Waals surface area contributed by atoms with Gasteiger partial charge in [-0.2, -0.15) is 0 Å². The molecule has 1 aromatic carbocycles. The Morgan fingerprint density at radius 2 is 1.88 bits per heavy atom. The van der Waals surface area contributed by atoms with E-state index in [9.17, 15) is 9.00 Å². The Morgan fingerprint density at radius 1 is 1.29 bits per heavy atom. The fourth-order valence-corrected chi connectivity index (χ4v) is 3.13. The smallest absolute Gasteiger partial charge is 0.137 e. The van der Waals surface area contributed by atoms with Crippen molar-refractivity contribution < 1.29 is 9.00 Å². The molecule has 0 amide bonds. The van der Waals surface area contributed by atoms with E-state index in [1.54, 1.807) is 6.92 Å². The number of hydrogen-bond donors (Lipinski definition) is 0. The van der Waals surface area contributed by atoms with Gasteiger partial charge in [-0.1, -0.05) is 18.2 Å². The Kier molecular flexibility index (Phi) is 5.73. The van der Waals surface area contributed by atoms with Crippen molar-refractivity contribution in [2.75, 3.05) is 5.75 Å². The van der Waals surface area contributed by atoms with Gasteiger partial charge in [0.25, 0.3) is 0 Å². The molecule has 0 N–H and O–H groups in total. The minimum absolute atomic E-state index is 0.113. The summed E-state index contributed by atoms with van der Waals surface area (Å²) in [4.78, 5) is 12.2. The second-order valence-corrected chi connectivity index (χ2v) is 6.36. The van der Waals surface area contributed by atoms with E-state index in [-0.39, 0.29) is 11.7 Å². The van der Waals surface area contributed by atoms with Crippen molar-refractivity contribution in [1.82, 2.24) is 0 Å². The first-order valence-corrected chi connectivity index (χ1v) is 7.33. The second kappa shape index (κ2) is 6.83. The average molecular weight is 268 g/mol. The minimum atomic E-state index is -1.02. The first kappa shape index (κ1) is 14.3. The molecule has 0 radical (unpaired) electrons. The highest BCUT2D eigenvalue weighted by molar-refractivity contribution is 7.85. The lowest BCUT2D eigenvalue weighted by Gasteiger charge is -2.12. The first-order chi connectivity index (χ1) is 8.02. The van der Waals surface area contributed by atoms with Gasteiger partial charge in [0, 0.05) is 16.6 Å². The summed E-state index contributed by atoms with van der Waals surface area (Å²) in [6, 6.07) is 9.34. The molecule has 0 aliphatic rings. The fraction of sp³-hybridized carbons (Fsp3) is 0.385. The molecule has 0 aliphatic heterocycles. The van der Waals surface area contributed by atoms with Gasteiger partial charge in [-0.25, -0.2) is 0 Å². The largest absolute Gasteiger partial charge is 0.299 e. The molecule has 1 aromatic rings. The summed E-state index contributed by atoms with van der Waals surface area (Å²) in [5.41, 5.74) is 0. The molecule has 2 atom stereocenters. The maximum Gasteiger partial charge on any atom is 0.137 e. The highest BCUT2D eigenvalue weighted by Gasteiger charge is 2.16. The normalized spacial score (nSPS) is 14.0. The summed E-state index contributed by atoms with van der Waals surface area (Å²) in [7, 11) is 2.37. The van der Waals surface area contributed by atoms with Crippen LogP contribution >= 0.6 is 8.86 Å². The Hall–Kier alpha value is -0.790. The summed E-state index contributed by atoms with van der Waals surface area (Å²) in [6.07, 6.45) is 0.617. The lowest BCUT2D eigenvalue weighted by atomic mass is 9.99. The predicted molar refractivity (Wildman–Crippen MR) is 75.5 cm³/mol. The van der Waals surface area contributed by atoms with Crippen LogP contribution in [0.15, 0.2) is 35.2 Å². The summed E-state index contributed by atoms with van der Waals surface area (Å²) in [5.74, 6) is 0.484. The van der Waals surface area contributed by atoms with Crippen LogP contribution in [0.2, 0.25) is 0 Å². The number of carbonyl (C=O) groups is 1. The van der Waals surface area contributed by atoms with Gasteiger partial charge in [0.2, 0.25) is 0 Å². The van der Waals surface area contributed by atoms with Crippen molar-refractivity contribution in [3.05, 3.63) is 30.3 Å². The third kappa shape index (κ3) is 4.53. The Morgan fingerprint density at radius 3 is 2.35 bits per heavy atom. The van der Waals surface area contributed by atoms with Crippen LogP contribution in [0.1, 0.15) is 20.3 Å². The van der Waals surface area contributed by atoms with Gasteiger partial charge in [-0.15, -0.1) is 8.86 Å². The topological polar surface area (TPSA) is 34.1 Å². The molecule has 0 bridgehead atoms. The van der Waals surface area contributed by atoms with Gasteiger partial charge in [-0.3, -0.25) is 9.00 Å². The molecular formula is C13H17O2PS. The third-order valence-corrected chi connectivity index (χ3v) is 4.36. The molecule has 0 aliphatic carbocycles. The minimum Gasteiger partial charge on any atom is -0.299 e. The first-order valence-electron chi connectivity index (χ1n) is 5.51. The van der Waals surface area contributed by atoms with Gasteiger partial charge < -0.3 is 0 Å². The average Bonchev–Trinajstić information content (AvgIpc) is 2.29. The zero-order valence-corrected chi connectivity index (χ0v) is 11.9. The van der Waals surface area contributed by atoms with E-state index < -0.39 is 10.8 Å². The molecule has 0 saturated carbocycles. The van der Waals surface area contributed by atoms with Crippen molar-refractivity contribution in [2.45, 2.75) is 25.2 Å². The van der Waals surface area contributed by atoms with Crippen LogP contribution in [0.3, 0.4) is 0 Å². The van der Waals surface area contributed by atoms with Gasteiger partial charge in [0.05, 0.1) is 10.8 Å². The van der Waals surface area contributed by atoms with E-state index in [0.717, 1.165) is 10.2 Å². The molecule has 4 heteroatoms. The van der Waals surface area contributed by atoms with Crippen molar-refractivity contribution in [1.29, 1.82) is 0 Å². The van der Waals surface area contributed by atoms with E-state index >= 15 is 0 Å². The molecule has 2 unspecified atom stereocenters. The van der Waals surface area contributed by atoms with E-state index in [0.29, 0.717) is 12.2 Å².